The van der Waals surface area contributed by atoms with E-state index in [1.807, 2.05) is 18.4 Å². The summed E-state index contributed by atoms with van der Waals surface area (Å²) in [6.07, 6.45) is 0. The number of rotatable bonds is 4. The second-order valence-corrected chi connectivity index (χ2v) is 5.04. The zero-order valence-corrected chi connectivity index (χ0v) is 10.7. The predicted molar refractivity (Wildman–Crippen MR) is 67.6 cm³/mol. The average Bonchev–Trinajstić information content (AvgIpc) is 2.72. The molecule has 0 radical (unpaired) electrons. The summed E-state index contributed by atoms with van der Waals surface area (Å²) >= 11 is 1.64. The molecule has 0 aliphatic carbocycles. The molecule has 1 aromatic heterocycles. The molecule has 5 heteroatoms. The van der Waals surface area contributed by atoms with Crippen molar-refractivity contribution in [1.29, 1.82) is 0 Å². The van der Waals surface area contributed by atoms with Gasteiger partial charge in [0.2, 0.25) is 0 Å². The van der Waals surface area contributed by atoms with Crippen LogP contribution in [-0.2, 0) is 13.1 Å². The van der Waals surface area contributed by atoms with Gasteiger partial charge >= 0.3 is 0 Å². The van der Waals surface area contributed by atoms with Crippen molar-refractivity contribution in [2.24, 2.45) is 0 Å². The Morgan fingerprint density at radius 3 is 2.44 bits per heavy atom. The first-order valence-electron chi connectivity index (χ1n) is 5.48. The monoisotopic (exact) mass is 269 g/mol. The molecular formula is C13H13F2NOS. The summed E-state index contributed by atoms with van der Waals surface area (Å²) in [5, 5.41) is 14.1. The molecule has 0 aliphatic rings. The third-order valence-electron chi connectivity index (χ3n) is 2.66. The lowest BCUT2D eigenvalue weighted by Crippen LogP contribution is -2.12. The Hall–Kier alpha value is -1.46. The molecule has 0 saturated carbocycles. The highest BCUT2D eigenvalue weighted by molar-refractivity contribution is 7.10. The lowest BCUT2D eigenvalue weighted by Gasteiger charge is -2.06. The van der Waals surface area contributed by atoms with Crippen molar-refractivity contribution in [3.8, 4) is 5.75 Å². The number of nitrogens with one attached hydrogen (secondary N) is 1. The van der Waals surface area contributed by atoms with Crippen LogP contribution in [0.25, 0.3) is 0 Å². The highest BCUT2D eigenvalue weighted by Crippen LogP contribution is 2.21. The SMILES string of the molecule is Cc1ccsc1CNCc1cc(F)c(O)c(F)c1. The van der Waals surface area contributed by atoms with Gasteiger partial charge < -0.3 is 10.4 Å². The number of aryl methyl sites for hydroxylation is 1. The van der Waals surface area contributed by atoms with Gasteiger partial charge in [-0.25, -0.2) is 8.78 Å². The number of aromatic hydroxyl groups is 1. The van der Waals surface area contributed by atoms with Gasteiger partial charge in [-0.3, -0.25) is 0 Å². The van der Waals surface area contributed by atoms with E-state index in [1.54, 1.807) is 11.3 Å². The highest BCUT2D eigenvalue weighted by atomic mass is 32.1. The first-order chi connectivity index (χ1) is 8.58. The molecule has 0 aliphatic heterocycles. The Morgan fingerprint density at radius 2 is 1.89 bits per heavy atom. The van der Waals surface area contributed by atoms with Crippen molar-refractivity contribution >= 4 is 11.3 Å². The second-order valence-electron chi connectivity index (χ2n) is 4.04. The molecule has 18 heavy (non-hydrogen) atoms. The van der Waals surface area contributed by atoms with E-state index in [9.17, 15) is 8.78 Å². The van der Waals surface area contributed by atoms with Crippen molar-refractivity contribution in [3.63, 3.8) is 0 Å². The first kappa shape index (κ1) is 13.0. The molecule has 0 unspecified atom stereocenters. The zero-order chi connectivity index (χ0) is 13.1. The van der Waals surface area contributed by atoms with Gasteiger partial charge in [-0.15, -0.1) is 11.3 Å². The number of phenolic OH excluding ortho intramolecular Hbond substituents is 1. The molecule has 0 bridgehead atoms. The Labute approximate surface area is 108 Å². The predicted octanol–water partition coefficient (Wildman–Crippen LogP) is 3.33. The topological polar surface area (TPSA) is 32.3 Å². The van der Waals surface area contributed by atoms with Gasteiger partial charge in [-0.05, 0) is 41.6 Å². The third kappa shape index (κ3) is 2.86. The van der Waals surface area contributed by atoms with Crippen LogP contribution < -0.4 is 5.32 Å². The van der Waals surface area contributed by atoms with E-state index in [2.05, 4.69) is 5.32 Å². The maximum absolute atomic E-state index is 13.1. The summed E-state index contributed by atoms with van der Waals surface area (Å²) in [5.41, 5.74) is 1.67. The number of benzene rings is 1. The van der Waals surface area contributed by atoms with Gasteiger partial charge in [0.05, 0.1) is 0 Å². The third-order valence-corrected chi connectivity index (χ3v) is 3.68. The van der Waals surface area contributed by atoms with Crippen LogP contribution in [0.1, 0.15) is 16.0 Å². The molecule has 2 N–H and O–H groups in total. The van der Waals surface area contributed by atoms with E-state index in [4.69, 9.17) is 5.11 Å². The van der Waals surface area contributed by atoms with Crippen LogP contribution in [0.4, 0.5) is 8.78 Å². The van der Waals surface area contributed by atoms with Gasteiger partial charge in [-0.1, -0.05) is 0 Å². The van der Waals surface area contributed by atoms with Crippen molar-refractivity contribution in [2.75, 3.05) is 0 Å². The van der Waals surface area contributed by atoms with Gasteiger partial charge in [-0.2, -0.15) is 0 Å². The van der Waals surface area contributed by atoms with Gasteiger partial charge in [0.25, 0.3) is 0 Å². The number of hydrogen-bond acceptors (Lipinski definition) is 3. The number of thiophene rings is 1. The summed E-state index contributed by atoms with van der Waals surface area (Å²) < 4.78 is 26.2. The lowest BCUT2D eigenvalue weighted by molar-refractivity contribution is 0.395. The Bertz CT molecular complexity index is 531. The average molecular weight is 269 g/mol. The van der Waals surface area contributed by atoms with Crippen LogP contribution in [0.2, 0.25) is 0 Å². The molecule has 0 fully saturated rings. The van der Waals surface area contributed by atoms with E-state index >= 15 is 0 Å². The van der Waals surface area contributed by atoms with Crippen LogP contribution in [0.5, 0.6) is 5.75 Å². The molecule has 2 rings (SSSR count). The molecule has 0 amide bonds. The quantitative estimate of drug-likeness (QED) is 0.892. The van der Waals surface area contributed by atoms with Crippen molar-refractivity contribution in [3.05, 3.63) is 51.2 Å². The van der Waals surface area contributed by atoms with Gasteiger partial charge in [0.1, 0.15) is 0 Å². The summed E-state index contributed by atoms with van der Waals surface area (Å²) in [5.74, 6) is -2.79. The highest BCUT2D eigenvalue weighted by Gasteiger charge is 2.09. The van der Waals surface area contributed by atoms with Crippen LogP contribution in [0.15, 0.2) is 23.6 Å². The van der Waals surface area contributed by atoms with Crippen LogP contribution in [0.3, 0.4) is 0 Å². The summed E-state index contributed by atoms with van der Waals surface area (Å²) in [4.78, 5) is 1.20. The number of halogens is 2. The summed E-state index contributed by atoms with van der Waals surface area (Å²) in [6, 6.07) is 4.29. The summed E-state index contributed by atoms with van der Waals surface area (Å²) in [6.45, 7) is 3.03. The smallest absolute Gasteiger partial charge is 0.187 e. The normalized spacial score (nSPS) is 10.8. The van der Waals surface area contributed by atoms with Gasteiger partial charge in [0, 0.05) is 18.0 Å². The van der Waals surface area contributed by atoms with E-state index in [-0.39, 0.29) is 0 Å². The van der Waals surface area contributed by atoms with E-state index in [1.165, 1.54) is 10.4 Å². The molecule has 0 atom stereocenters. The molecular weight excluding hydrogens is 256 g/mol. The molecule has 1 heterocycles. The van der Waals surface area contributed by atoms with Crippen molar-refractivity contribution in [2.45, 2.75) is 20.0 Å². The first-order valence-corrected chi connectivity index (χ1v) is 6.36. The maximum Gasteiger partial charge on any atom is 0.187 e. The number of hydrogen-bond donors (Lipinski definition) is 2. The minimum absolute atomic E-state index is 0.353. The van der Waals surface area contributed by atoms with Crippen LogP contribution >= 0.6 is 11.3 Å². The number of phenols is 1. The van der Waals surface area contributed by atoms with E-state index in [0.29, 0.717) is 18.7 Å². The van der Waals surface area contributed by atoms with Gasteiger partial charge in [0.15, 0.2) is 17.4 Å². The Balaban J connectivity index is 1.97. The summed E-state index contributed by atoms with van der Waals surface area (Å²) in [7, 11) is 0. The molecule has 0 spiro atoms. The minimum Gasteiger partial charge on any atom is -0.503 e. The maximum atomic E-state index is 13.1. The fourth-order valence-corrected chi connectivity index (χ4v) is 2.50. The van der Waals surface area contributed by atoms with E-state index < -0.39 is 17.4 Å². The van der Waals surface area contributed by atoms with Crippen LogP contribution in [-0.4, -0.2) is 5.11 Å². The van der Waals surface area contributed by atoms with Crippen molar-refractivity contribution < 1.29 is 13.9 Å². The molecule has 2 nitrogen and oxygen atoms in total. The Kier molecular flexibility index (Phi) is 3.93. The van der Waals surface area contributed by atoms with Crippen molar-refractivity contribution in [1.82, 2.24) is 5.32 Å². The Morgan fingerprint density at radius 1 is 1.22 bits per heavy atom. The lowest BCUT2D eigenvalue weighted by atomic mass is 10.2. The fraction of sp³-hybridized carbons (Fsp3) is 0.231. The van der Waals surface area contributed by atoms with Crippen LogP contribution in [0, 0.1) is 18.6 Å². The zero-order valence-electron chi connectivity index (χ0n) is 9.84. The second kappa shape index (κ2) is 5.46. The molecule has 2 aromatic rings. The molecule has 0 saturated heterocycles. The largest absolute Gasteiger partial charge is 0.503 e. The minimum atomic E-state index is -0.931. The molecule has 1 aromatic carbocycles. The molecule has 96 valence electrons. The standard InChI is InChI=1S/C13H13F2NOS/c1-8-2-3-18-12(8)7-16-6-9-4-10(14)13(17)11(15)5-9/h2-5,16-17H,6-7H2,1H3. The fourth-order valence-electron chi connectivity index (χ4n) is 1.63. The van der Waals surface area contributed by atoms with E-state index in [0.717, 1.165) is 12.1 Å².